The third-order valence-corrected chi connectivity index (χ3v) is 5.60. The fraction of sp³-hybridized carbons (Fsp3) is 0.208. The Balaban J connectivity index is 1.48. The van der Waals surface area contributed by atoms with E-state index in [9.17, 15) is 14.7 Å². The van der Waals surface area contributed by atoms with Crippen molar-refractivity contribution in [1.82, 2.24) is 14.5 Å². The number of nitrogens with zero attached hydrogens (tertiary/aromatic N) is 3. The van der Waals surface area contributed by atoms with Gasteiger partial charge in [0.25, 0.3) is 5.91 Å². The van der Waals surface area contributed by atoms with E-state index in [1.807, 2.05) is 29.0 Å². The molecule has 1 aromatic carbocycles. The summed E-state index contributed by atoms with van der Waals surface area (Å²) >= 11 is 0. The molecule has 0 radical (unpaired) electrons. The molecule has 1 atom stereocenters. The number of benzene rings is 1. The molecule has 162 valence electrons. The number of aryl methyl sites for hydroxylation is 2. The lowest BCUT2D eigenvalue weighted by atomic mass is 9.99. The minimum absolute atomic E-state index is 0.0361. The van der Waals surface area contributed by atoms with E-state index in [0.29, 0.717) is 36.6 Å². The highest BCUT2D eigenvalue weighted by Gasteiger charge is 2.45. The molecular formula is C24H21N3O5. The van der Waals surface area contributed by atoms with Gasteiger partial charge in [-0.3, -0.25) is 9.59 Å². The van der Waals surface area contributed by atoms with Crippen LogP contribution in [0.2, 0.25) is 0 Å². The van der Waals surface area contributed by atoms with Crippen molar-refractivity contribution in [2.45, 2.75) is 25.9 Å². The SMILES string of the molecule is Cc1ccc(C2C(C(=O)c3cc4ccccc4o3)=C(O)C(=O)N2CCCn2ccnc2)o1. The summed E-state index contributed by atoms with van der Waals surface area (Å²) < 4.78 is 13.4. The molecule has 0 bridgehead atoms. The maximum Gasteiger partial charge on any atom is 0.290 e. The van der Waals surface area contributed by atoms with E-state index >= 15 is 0 Å². The summed E-state index contributed by atoms with van der Waals surface area (Å²) in [5.41, 5.74) is 0.522. The van der Waals surface area contributed by atoms with Crippen LogP contribution < -0.4 is 0 Å². The maximum absolute atomic E-state index is 13.4. The van der Waals surface area contributed by atoms with Crippen LogP contribution in [-0.2, 0) is 11.3 Å². The van der Waals surface area contributed by atoms with Crippen LogP contribution >= 0.6 is 0 Å². The van der Waals surface area contributed by atoms with Gasteiger partial charge in [0.1, 0.15) is 23.1 Å². The Kier molecular flexibility index (Phi) is 4.89. The lowest BCUT2D eigenvalue weighted by Gasteiger charge is -2.24. The van der Waals surface area contributed by atoms with E-state index in [0.717, 1.165) is 5.39 Å². The zero-order valence-electron chi connectivity index (χ0n) is 17.4. The predicted octanol–water partition coefficient (Wildman–Crippen LogP) is 4.20. The van der Waals surface area contributed by atoms with Crippen molar-refractivity contribution >= 4 is 22.7 Å². The molecule has 1 aliphatic rings. The number of imidazole rings is 1. The van der Waals surface area contributed by atoms with Gasteiger partial charge in [0, 0.05) is 30.9 Å². The first-order valence-corrected chi connectivity index (χ1v) is 10.3. The summed E-state index contributed by atoms with van der Waals surface area (Å²) in [6, 6.07) is 11.5. The van der Waals surface area contributed by atoms with E-state index in [1.165, 1.54) is 4.90 Å². The summed E-state index contributed by atoms with van der Waals surface area (Å²) in [7, 11) is 0. The zero-order chi connectivity index (χ0) is 22.2. The molecule has 0 saturated heterocycles. The highest BCUT2D eigenvalue weighted by Crippen LogP contribution is 2.40. The third-order valence-electron chi connectivity index (χ3n) is 5.60. The Labute approximate surface area is 183 Å². The molecule has 8 heteroatoms. The summed E-state index contributed by atoms with van der Waals surface area (Å²) in [4.78, 5) is 31.9. The molecular weight excluding hydrogens is 410 g/mol. The summed E-state index contributed by atoms with van der Waals surface area (Å²) in [6.45, 7) is 2.75. The lowest BCUT2D eigenvalue weighted by Crippen LogP contribution is -2.32. The Morgan fingerprint density at radius 3 is 2.72 bits per heavy atom. The van der Waals surface area contributed by atoms with Crippen LogP contribution in [0.5, 0.6) is 0 Å². The Hall–Kier alpha value is -4.07. The van der Waals surface area contributed by atoms with E-state index in [-0.39, 0.29) is 11.3 Å². The van der Waals surface area contributed by atoms with Crippen molar-refractivity contribution in [2.24, 2.45) is 0 Å². The molecule has 4 heterocycles. The number of aliphatic hydroxyl groups is 1. The van der Waals surface area contributed by atoms with Gasteiger partial charge in [-0.2, -0.15) is 0 Å². The van der Waals surface area contributed by atoms with Crippen LogP contribution in [0.3, 0.4) is 0 Å². The molecule has 4 aromatic rings. The molecule has 0 fully saturated rings. The second-order valence-electron chi connectivity index (χ2n) is 7.74. The van der Waals surface area contributed by atoms with Crippen LogP contribution in [0.25, 0.3) is 11.0 Å². The first kappa shape index (κ1) is 19.9. The summed E-state index contributed by atoms with van der Waals surface area (Å²) in [6.07, 6.45) is 5.83. The number of hydrogen-bond acceptors (Lipinski definition) is 6. The van der Waals surface area contributed by atoms with Crippen molar-refractivity contribution in [3.63, 3.8) is 0 Å². The normalized spacial score (nSPS) is 16.5. The summed E-state index contributed by atoms with van der Waals surface area (Å²) in [5.74, 6) is -0.585. The molecule has 8 nitrogen and oxygen atoms in total. The highest BCUT2D eigenvalue weighted by molar-refractivity contribution is 6.15. The average Bonchev–Trinajstić information content (AvgIpc) is 3.57. The number of carbonyl (C=O) groups excluding carboxylic acids is 2. The van der Waals surface area contributed by atoms with Gasteiger partial charge in [-0.05, 0) is 37.6 Å². The third kappa shape index (κ3) is 3.39. The number of fused-ring (bicyclic) bond motifs is 1. The largest absolute Gasteiger partial charge is 0.503 e. The number of para-hydroxylation sites is 1. The minimum atomic E-state index is -0.834. The van der Waals surface area contributed by atoms with E-state index < -0.39 is 23.5 Å². The van der Waals surface area contributed by atoms with Gasteiger partial charge in [0.15, 0.2) is 11.5 Å². The molecule has 1 amide bonds. The highest BCUT2D eigenvalue weighted by atomic mass is 16.4. The molecule has 3 aromatic heterocycles. The van der Waals surface area contributed by atoms with Crippen LogP contribution in [-0.4, -0.2) is 37.8 Å². The topological polar surface area (TPSA) is 102 Å². The second kappa shape index (κ2) is 7.88. The van der Waals surface area contributed by atoms with E-state index in [2.05, 4.69) is 4.98 Å². The number of rotatable bonds is 7. The van der Waals surface area contributed by atoms with Crippen molar-refractivity contribution < 1.29 is 23.5 Å². The van der Waals surface area contributed by atoms with E-state index in [1.54, 1.807) is 43.7 Å². The smallest absolute Gasteiger partial charge is 0.290 e. The Morgan fingerprint density at radius 2 is 2.00 bits per heavy atom. The monoisotopic (exact) mass is 431 g/mol. The van der Waals surface area contributed by atoms with Gasteiger partial charge >= 0.3 is 0 Å². The Morgan fingerprint density at radius 1 is 1.16 bits per heavy atom. The minimum Gasteiger partial charge on any atom is -0.503 e. The number of aliphatic hydroxyl groups excluding tert-OH is 1. The number of amides is 1. The van der Waals surface area contributed by atoms with Crippen molar-refractivity contribution in [3.8, 4) is 0 Å². The first-order chi connectivity index (χ1) is 15.5. The molecule has 0 spiro atoms. The number of Topliss-reactive ketones (excluding diaryl/α,β-unsaturated/α-hetero) is 1. The lowest BCUT2D eigenvalue weighted by molar-refractivity contribution is -0.129. The maximum atomic E-state index is 13.4. The van der Waals surface area contributed by atoms with Crippen molar-refractivity contribution in [1.29, 1.82) is 0 Å². The zero-order valence-corrected chi connectivity index (χ0v) is 17.4. The first-order valence-electron chi connectivity index (χ1n) is 10.3. The van der Waals surface area contributed by atoms with Crippen LogP contribution in [0.15, 0.2) is 81.4 Å². The molecule has 32 heavy (non-hydrogen) atoms. The van der Waals surface area contributed by atoms with Gasteiger partial charge in [0.2, 0.25) is 5.78 Å². The van der Waals surface area contributed by atoms with Crippen molar-refractivity contribution in [2.75, 3.05) is 6.54 Å². The van der Waals surface area contributed by atoms with Gasteiger partial charge in [0.05, 0.1) is 11.9 Å². The number of ketones is 1. The standard InChI is InChI=1S/C24H21N3O5/c1-15-7-8-18(31-15)21-20(22(28)19-13-16-5-2-3-6-17(16)32-19)23(29)24(30)27(21)11-4-10-26-12-9-25-14-26/h2-3,5-9,12-14,21,29H,4,10-11H2,1H3. The number of carbonyl (C=O) groups is 2. The van der Waals surface area contributed by atoms with Gasteiger partial charge in [-0.1, -0.05) is 18.2 Å². The van der Waals surface area contributed by atoms with Crippen molar-refractivity contribution in [3.05, 3.63) is 89.8 Å². The summed E-state index contributed by atoms with van der Waals surface area (Å²) in [5, 5.41) is 11.5. The van der Waals surface area contributed by atoms with Gasteiger partial charge in [-0.15, -0.1) is 0 Å². The number of aromatic nitrogens is 2. The molecule has 0 saturated carbocycles. The molecule has 1 N–H and O–H groups in total. The number of furan rings is 2. The Bertz CT molecular complexity index is 1300. The second-order valence-corrected chi connectivity index (χ2v) is 7.74. The quantitative estimate of drug-likeness (QED) is 0.440. The molecule has 1 aliphatic heterocycles. The molecule has 5 rings (SSSR count). The fourth-order valence-corrected chi connectivity index (χ4v) is 4.08. The van der Waals surface area contributed by atoms with Crippen LogP contribution in [0.1, 0.15) is 34.5 Å². The van der Waals surface area contributed by atoms with Crippen LogP contribution in [0.4, 0.5) is 0 Å². The van der Waals surface area contributed by atoms with E-state index in [4.69, 9.17) is 8.83 Å². The predicted molar refractivity (Wildman–Crippen MR) is 115 cm³/mol. The van der Waals surface area contributed by atoms with Gasteiger partial charge in [-0.25, -0.2) is 4.98 Å². The molecule has 0 aliphatic carbocycles. The van der Waals surface area contributed by atoms with Gasteiger partial charge < -0.3 is 23.4 Å². The van der Waals surface area contributed by atoms with Crippen LogP contribution in [0, 0.1) is 6.92 Å². The molecule has 1 unspecified atom stereocenters. The number of hydrogen-bond donors (Lipinski definition) is 1. The fourth-order valence-electron chi connectivity index (χ4n) is 4.08. The average molecular weight is 431 g/mol.